The number of fused-ring (bicyclic) bond motifs is 1. The van der Waals surface area contributed by atoms with Gasteiger partial charge >= 0.3 is 0 Å². The predicted octanol–water partition coefficient (Wildman–Crippen LogP) is -0.0399. The minimum Gasteiger partial charge on any atom is -0.345 e. The Kier molecular flexibility index (Phi) is 3.01. The summed E-state index contributed by atoms with van der Waals surface area (Å²) in [5.41, 5.74) is 0. The van der Waals surface area contributed by atoms with Crippen molar-refractivity contribution in [3.8, 4) is 0 Å². The van der Waals surface area contributed by atoms with E-state index in [-0.39, 0.29) is 30.4 Å². The fraction of sp³-hybridized carbons (Fsp3) is 0.846. The highest BCUT2D eigenvalue weighted by Gasteiger charge is 2.44. The Labute approximate surface area is 107 Å². The molecule has 0 aromatic heterocycles. The summed E-state index contributed by atoms with van der Waals surface area (Å²) in [5, 5.41) is 2.66. The summed E-state index contributed by atoms with van der Waals surface area (Å²) >= 11 is 0. The van der Waals surface area contributed by atoms with Crippen molar-refractivity contribution in [2.75, 3.05) is 19.6 Å². The molecule has 3 aliphatic rings. The molecule has 0 bridgehead atoms. The Morgan fingerprint density at radius 2 is 1.94 bits per heavy atom. The number of nitrogens with zero attached hydrogens (tertiary/aromatic N) is 2. The molecular formula is C13H21N3O2. The molecule has 0 spiro atoms. The molecule has 3 aliphatic heterocycles. The van der Waals surface area contributed by atoms with Crippen molar-refractivity contribution in [1.82, 2.24) is 15.1 Å². The minimum atomic E-state index is -0.307. The lowest BCUT2D eigenvalue weighted by Crippen LogP contribution is -2.62. The SMILES string of the molecule is CC1C(=O)NCC(=O)N1C1CCN2CCCCC12. The zero-order chi connectivity index (χ0) is 12.7. The van der Waals surface area contributed by atoms with Crippen molar-refractivity contribution in [2.24, 2.45) is 0 Å². The summed E-state index contributed by atoms with van der Waals surface area (Å²) in [5.74, 6) is 0.0726. The number of piperazine rings is 1. The topological polar surface area (TPSA) is 52.7 Å². The average Bonchev–Trinajstić information content (AvgIpc) is 2.79. The minimum absolute atomic E-state index is 0.0103. The Hall–Kier alpha value is -1.10. The summed E-state index contributed by atoms with van der Waals surface area (Å²) in [6, 6.07) is 0.424. The van der Waals surface area contributed by atoms with Gasteiger partial charge in [-0.1, -0.05) is 6.42 Å². The van der Waals surface area contributed by atoms with E-state index < -0.39 is 0 Å². The van der Waals surface area contributed by atoms with Crippen molar-refractivity contribution in [3.63, 3.8) is 0 Å². The monoisotopic (exact) mass is 251 g/mol. The van der Waals surface area contributed by atoms with Crippen LogP contribution in [0.25, 0.3) is 0 Å². The molecule has 100 valence electrons. The third kappa shape index (κ3) is 1.81. The van der Waals surface area contributed by atoms with Gasteiger partial charge in [-0.05, 0) is 32.7 Å². The van der Waals surface area contributed by atoms with Crippen LogP contribution < -0.4 is 5.32 Å². The van der Waals surface area contributed by atoms with Gasteiger partial charge in [-0.2, -0.15) is 0 Å². The van der Waals surface area contributed by atoms with Crippen LogP contribution in [0.5, 0.6) is 0 Å². The number of piperidine rings is 1. The summed E-state index contributed by atoms with van der Waals surface area (Å²) < 4.78 is 0. The summed E-state index contributed by atoms with van der Waals surface area (Å²) in [7, 11) is 0. The van der Waals surface area contributed by atoms with Crippen LogP contribution in [0.2, 0.25) is 0 Å². The van der Waals surface area contributed by atoms with Gasteiger partial charge in [-0.3, -0.25) is 14.5 Å². The van der Waals surface area contributed by atoms with Gasteiger partial charge in [0.25, 0.3) is 0 Å². The van der Waals surface area contributed by atoms with Crippen molar-refractivity contribution in [2.45, 2.75) is 50.7 Å². The molecule has 18 heavy (non-hydrogen) atoms. The van der Waals surface area contributed by atoms with Crippen LogP contribution >= 0.6 is 0 Å². The van der Waals surface area contributed by atoms with Crippen molar-refractivity contribution in [3.05, 3.63) is 0 Å². The Balaban J connectivity index is 1.80. The van der Waals surface area contributed by atoms with E-state index in [1.807, 2.05) is 11.8 Å². The van der Waals surface area contributed by atoms with E-state index in [9.17, 15) is 9.59 Å². The second-order valence-electron chi connectivity index (χ2n) is 5.65. The van der Waals surface area contributed by atoms with Crippen LogP contribution in [0, 0.1) is 0 Å². The molecule has 1 N–H and O–H groups in total. The highest BCUT2D eigenvalue weighted by Crippen LogP contribution is 2.32. The van der Waals surface area contributed by atoms with Crippen molar-refractivity contribution in [1.29, 1.82) is 0 Å². The molecule has 3 rings (SSSR count). The first-order valence-electron chi connectivity index (χ1n) is 7.01. The molecule has 5 heteroatoms. The van der Waals surface area contributed by atoms with E-state index in [2.05, 4.69) is 10.2 Å². The third-order valence-electron chi connectivity index (χ3n) is 4.68. The molecule has 0 radical (unpaired) electrons. The largest absolute Gasteiger partial charge is 0.345 e. The number of carbonyl (C=O) groups is 2. The zero-order valence-corrected chi connectivity index (χ0v) is 10.9. The summed E-state index contributed by atoms with van der Waals surface area (Å²) in [4.78, 5) is 28.2. The summed E-state index contributed by atoms with van der Waals surface area (Å²) in [6.45, 7) is 4.25. The maximum atomic E-state index is 12.1. The number of rotatable bonds is 1. The van der Waals surface area contributed by atoms with Crippen LogP contribution in [0.4, 0.5) is 0 Å². The molecule has 0 aromatic rings. The Bertz CT molecular complexity index is 371. The fourth-order valence-corrected chi connectivity index (χ4v) is 3.76. The highest BCUT2D eigenvalue weighted by atomic mass is 16.2. The van der Waals surface area contributed by atoms with Crippen LogP contribution in [-0.4, -0.2) is 59.4 Å². The first kappa shape index (κ1) is 12.0. The maximum absolute atomic E-state index is 12.1. The van der Waals surface area contributed by atoms with Crippen LogP contribution in [0.1, 0.15) is 32.6 Å². The Morgan fingerprint density at radius 1 is 1.11 bits per heavy atom. The second-order valence-corrected chi connectivity index (χ2v) is 5.65. The van der Waals surface area contributed by atoms with E-state index in [1.54, 1.807) is 0 Å². The van der Waals surface area contributed by atoms with Crippen molar-refractivity contribution >= 4 is 11.8 Å². The molecule has 3 heterocycles. The lowest BCUT2D eigenvalue weighted by molar-refractivity contribution is -0.148. The quantitative estimate of drug-likeness (QED) is 0.711. The molecule has 0 aromatic carbocycles. The first-order chi connectivity index (χ1) is 8.68. The van der Waals surface area contributed by atoms with E-state index in [0.717, 1.165) is 19.5 Å². The molecule has 0 saturated carbocycles. The van der Waals surface area contributed by atoms with Crippen LogP contribution in [-0.2, 0) is 9.59 Å². The molecule has 0 aliphatic carbocycles. The van der Waals surface area contributed by atoms with Gasteiger partial charge < -0.3 is 10.2 Å². The molecule has 2 amide bonds. The average molecular weight is 251 g/mol. The first-order valence-corrected chi connectivity index (χ1v) is 7.01. The normalized spacial score (nSPS) is 37.6. The Morgan fingerprint density at radius 3 is 2.78 bits per heavy atom. The number of hydrogen-bond donors (Lipinski definition) is 1. The smallest absolute Gasteiger partial charge is 0.242 e. The third-order valence-corrected chi connectivity index (χ3v) is 4.68. The predicted molar refractivity (Wildman–Crippen MR) is 66.9 cm³/mol. The van der Waals surface area contributed by atoms with Gasteiger partial charge in [0.1, 0.15) is 6.04 Å². The van der Waals surface area contributed by atoms with Gasteiger partial charge in [0.05, 0.1) is 6.54 Å². The zero-order valence-electron chi connectivity index (χ0n) is 10.9. The number of hydrogen-bond acceptors (Lipinski definition) is 3. The molecule has 3 fully saturated rings. The molecule has 3 saturated heterocycles. The van der Waals surface area contributed by atoms with Crippen LogP contribution in [0.3, 0.4) is 0 Å². The standard InChI is InChI=1S/C13H21N3O2/c1-9-13(18)14-8-12(17)16(9)11-5-7-15-6-3-2-4-10(11)15/h9-11H,2-8H2,1H3,(H,14,18). The van der Waals surface area contributed by atoms with Gasteiger partial charge in [-0.15, -0.1) is 0 Å². The lowest BCUT2D eigenvalue weighted by Gasteiger charge is -2.42. The molecule has 5 nitrogen and oxygen atoms in total. The highest BCUT2D eigenvalue weighted by molar-refractivity contribution is 5.94. The van der Waals surface area contributed by atoms with E-state index in [0.29, 0.717) is 6.04 Å². The summed E-state index contributed by atoms with van der Waals surface area (Å²) in [6.07, 6.45) is 4.71. The molecular weight excluding hydrogens is 230 g/mol. The van der Waals surface area contributed by atoms with Gasteiger partial charge in [0.15, 0.2) is 0 Å². The van der Waals surface area contributed by atoms with E-state index >= 15 is 0 Å². The van der Waals surface area contributed by atoms with Gasteiger partial charge in [-0.25, -0.2) is 0 Å². The lowest BCUT2D eigenvalue weighted by atomic mass is 9.96. The van der Waals surface area contributed by atoms with E-state index in [1.165, 1.54) is 19.3 Å². The number of carbonyl (C=O) groups excluding carboxylic acids is 2. The van der Waals surface area contributed by atoms with Gasteiger partial charge in [0, 0.05) is 18.6 Å². The van der Waals surface area contributed by atoms with Crippen LogP contribution in [0.15, 0.2) is 0 Å². The second kappa shape index (κ2) is 4.53. The fourth-order valence-electron chi connectivity index (χ4n) is 3.76. The molecule has 3 atom stereocenters. The number of nitrogens with one attached hydrogen (secondary N) is 1. The van der Waals surface area contributed by atoms with Crippen molar-refractivity contribution < 1.29 is 9.59 Å². The van der Waals surface area contributed by atoms with Gasteiger partial charge in [0.2, 0.25) is 11.8 Å². The maximum Gasteiger partial charge on any atom is 0.242 e. The molecule has 3 unspecified atom stereocenters. The van der Waals surface area contributed by atoms with E-state index in [4.69, 9.17) is 0 Å². The number of amides is 2.